The van der Waals surface area contributed by atoms with Gasteiger partial charge in [-0.2, -0.15) is 0 Å². The minimum absolute atomic E-state index is 0.225. The monoisotopic (exact) mass is 276 g/mol. The van der Waals surface area contributed by atoms with Crippen molar-refractivity contribution in [3.63, 3.8) is 0 Å². The molecule has 0 aliphatic rings. The van der Waals surface area contributed by atoms with Crippen molar-refractivity contribution in [1.82, 2.24) is 10.0 Å². The summed E-state index contributed by atoms with van der Waals surface area (Å²) in [5, 5.41) is 3.73. The van der Waals surface area contributed by atoms with Gasteiger partial charge in [0, 0.05) is 24.2 Å². The van der Waals surface area contributed by atoms with Crippen molar-refractivity contribution in [3.8, 4) is 0 Å². The van der Waals surface area contributed by atoms with Crippen molar-refractivity contribution in [2.24, 2.45) is 0 Å². The van der Waals surface area contributed by atoms with E-state index in [1.165, 1.54) is 18.4 Å². The Hall–Kier alpha value is -2.05. The number of carbonyl (C=O) groups excluding carboxylic acids is 2. The summed E-state index contributed by atoms with van der Waals surface area (Å²) < 4.78 is 0. The molecule has 0 aliphatic heterocycles. The number of carbonyl (C=O) groups is 2. The van der Waals surface area contributed by atoms with Crippen LogP contribution in [0.15, 0.2) is 35.8 Å². The zero-order valence-corrected chi connectivity index (χ0v) is 11.1. The molecular formula is C13H12N2O3S. The largest absolute Gasteiger partial charge is 0.298 e. The highest BCUT2D eigenvalue weighted by Crippen LogP contribution is 2.11. The van der Waals surface area contributed by atoms with E-state index in [4.69, 9.17) is 4.84 Å². The quantitative estimate of drug-likeness (QED) is 0.620. The summed E-state index contributed by atoms with van der Waals surface area (Å²) in [7, 11) is 1.51. The molecule has 1 aromatic heterocycles. The van der Waals surface area contributed by atoms with Crippen LogP contribution in [-0.2, 0) is 11.4 Å². The molecule has 2 rings (SSSR count). The maximum Gasteiger partial charge on any atom is 0.277 e. The topological polar surface area (TPSA) is 59.5 Å². The molecule has 0 saturated heterocycles. The van der Waals surface area contributed by atoms with Crippen LogP contribution in [-0.4, -0.2) is 29.3 Å². The summed E-state index contributed by atoms with van der Waals surface area (Å²) in [5.74, 6) is -0.362. The zero-order chi connectivity index (χ0) is 13.7. The normalized spacial score (nSPS) is 10.2. The fourth-order valence-corrected chi connectivity index (χ4v) is 2.02. The Bertz CT molecular complexity index is 569. The lowest BCUT2D eigenvalue weighted by Gasteiger charge is -2.16. The van der Waals surface area contributed by atoms with Gasteiger partial charge in [-0.05, 0) is 6.07 Å². The Balaban J connectivity index is 2.04. The molecule has 0 unspecified atom stereocenters. The first-order valence-electron chi connectivity index (χ1n) is 5.56. The fraction of sp³-hybridized carbons (Fsp3) is 0.154. The van der Waals surface area contributed by atoms with Gasteiger partial charge in [0.25, 0.3) is 5.91 Å². The van der Waals surface area contributed by atoms with Crippen LogP contribution in [0.2, 0.25) is 0 Å². The van der Waals surface area contributed by atoms with Gasteiger partial charge in [0.05, 0.1) is 5.56 Å². The number of hydrogen-bond acceptors (Lipinski definition) is 5. The van der Waals surface area contributed by atoms with E-state index < -0.39 is 0 Å². The number of benzene rings is 1. The number of aromatic nitrogens is 1. The third kappa shape index (κ3) is 3.24. The van der Waals surface area contributed by atoms with Gasteiger partial charge in [-0.1, -0.05) is 18.2 Å². The predicted molar refractivity (Wildman–Crippen MR) is 70.8 cm³/mol. The fourth-order valence-electron chi connectivity index (χ4n) is 1.50. The van der Waals surface area contributed by atoms with Gasteiger partial charge in [0.2, 0.25) is 0 Å². The van der Waals surface area contributed by atoms with Gasteiger partial charge < -0.3 is 0 Å². The number of aldehydes is 1. The lowest BCUT2D eigenvalue weighted by atomic mass is 10.1. The number of nitrogens with zero attached hydrogens (tertiary/aromatic N) is 2. The van der Waals surface area contributed by atoms with E-state index >= 15 is 0 Å². The van der Waals surface area contributed by atoms with Crippen molar-refractivity contribution in [2.75, 3.05) is 7.05 Å². The standard InChI is InChI=1S/C13H12N2O3S/c1-15(18-9-12-14-6-7-19-12)13(17)11-5-3-2-4-10(11)8-16/h2-8H,9H2,1H3. The summed E-state index contributed by atoms with van der Waals surface area (Å²) >= 11 is 1.45. The number of thiazole rings is 1. The van der Waals surface area contributed by atoms with Crippen molar-refractivity contribution in [3.05, 3.63) is 52.0 Å². The van der Waals surface area contributed by atoms with Gasteiger partial charge in [-0.15, -0.1) is 11.3 Å². The maximum atomic E-state index is 12.1. The average molecular weight is 276 g/mol. The summed E-state index contributed by atoms with van der Waals surface area (Å²) in [6, 6.07) is 6.59. The molecule has 6 heteroatoms. The lowest BCUT2D eigenvalue weighted by Crippen LogP contribution is -2.27. The van der Waals surface area contributed by atoms with E-state index in [0.717, 1.165) is 10.1 Å². The summed E-state index contributed by atoms with van der Waals surface area (Å²) in [6.07, 6.45) is 2.33. The van der Waals surface area contributed by atoms with Gasteiger partial charge in [-0.3, -0.25) is 14.4 Å². The highest BCUT2D eigenvalue weighted by atomic mass is 32.1. The molecule has 0 atom stereocenters. The highest BCUT2D eigenvalue weighted by molar-refractivity contribution is 7.09. The lowest BCUT2D eigenvalue weighted by molar-refractivity contribution is -0.116. The van der Waals surface area contributed by atoms with Crippen molar-refractivity contribution < 1.29 is 14.4 Å². The van der Waals surface area contributed by atoms with Crippen LogP contribution in [0.5, 0.6) is 0 Å². The van der Waals surface area contributed by atoms with Gasteiger partial charge in [0.1, 0.15) is 11.6 Å². The molecule has 0 radical (unpaired) electrons. The Morgan fingerprint density at radius 2 is 2.26 bits per heavy atom. The number of hydrogen-bond donors (Lipinski definition) is 0. The third-order valence-corrected chi connectivity index (χ3v) is 3.22. The summed E-state index contributed by atoms with van der Waals surface area (Å²) in [6.45, 7) is 0.225. The molecule has 19 heavy (non-hydrogen) atoms. The molecule has 5 nitrogen and oxygen atoms in total. The maximum absolute atomic E-state index is 12.1. The van der Waals surface area contributed by atoms with Crippen molar-refractivity contribution >= 4 is 23.5 Å². The molecule has 98 valence electrons. The minimum Gasteiger partial charge on any atom is -0.298 e. The van der Waals surface area contributed by atoms with Gasteiger partial charge in [0.15, 0.2) is 6.29 Å². The summed E-state index contributed by atoms with van der Waals surface area (Å²) in [5.41, 5.74) is 0.663. The Morgan fingerprint density at radius 1 is 1.47 bits per heavy atom. The predicted octanol–water partition coefficient (Wildman–Crippen LogP) is 2.16. The van der Waals surface area contributed by atoms with Crippen molar-refractivity contribution in [2.45, 2.75) is 6.61 Å². The first kappa shape index (κ1) is 13.4. The Labute approximate surface area is 114 Å². The van der Waals surface area contributed by atoms with Gasteiger partial charge >= 0.3 is 0 Å². The molecule has 1 aromatic carbocycles. The molecule has 0 bridgehead atoms. The Kier molecular flexibility index (Phi) is 4.38. The van der Waals surface area contributed by atoms with Crippen LogP contribution in [0.25, 0.3) is 0 Å². The number of hydroxylamine groups is 2. The van der Waals surface area contributed by atoms with Crippen LogP contribution in [0.3, 0.4) is 0 Å². The van der Waals surface area contributed by atoms with Crippen LogP contribution >= 0.6 is 11.3 Å². The SMILES string of the molecule is CN(OCc1nccs1)C(=O)c1ccccc1C=O. The van der Waals surface area contributed by atoms with E-state index in [-0.39, 0.29) is 12.5 Å². The molecule has 0 saturated carbocycles. The van der Waals surface area contributed by atoms with Crippen LogP contribution in [0.4, 0.5) is 0 Å². The molecule has 0 spiro atoms. The molecular weight excluding hydrogens is 264 g/mol. The molecule has 1 heterocycles. The number of rotatable bonds is 5. The molecule has 0 N–H and O–H groups in total. The molecule has 0 aliphatic carbocycles. The second-order valence-electron chi connectivity index (χ2n) is 3.71. The minimum atomic E-state index is -0.362. The second kappa shape index (κ2) is 6.21. The molecule has 2 aromatic rings. The third-order valence-electron chi connectivity index (χ3n) is 2.47. The van der Waals surface area contributed by atoms with Crippen LogP contribution in [0, 0.1) is 0 Å². The van der Waals surface area contributed by atoms with Crippen molar-refractivity contribution in [1.29, 1.82) is 0 Å². The van der Waals surface area contributed by atoms with E-state index in [1.54, 1.807) is 30.5 Å². The summed E-state index contributed by atoms with van der Waals surface area (Å²) in [4.78, 5) is 32.4. The van der Waals surface area contributed by atoms with Crippen LogP contribution < -0.4 is 0 Å². The second-order valence-corrected chi connectivity index (χ2v) is 4.69. The van der Waals surface area contributed by atoms with E-state index in [1.807, 2.05) is 5.38 Å². The van der Waals surface area contributed by atoms with E-state index in [2.05, 4.69) is 4.98 Å². The first-order chi connectivity index (χ1) is 9.22. The van der Waals surface area contributed by atoms with E-state index in [0.29, 0.717) is 17.4 Å². The first-order valence-corrected chi connectivity index (χ1v) is 6.44. The molecule has 1 amide bonds. The molecule has 0 fully saturated rings. The Morgan fingerprint density at radius 3 is 2.95 bits per heavy atom. The van der Waals surface area contributed by atoms with E-state index in [9.17, 15) is 9.59 Å². The smallest absolute Gasteiger partial charge is 0.277 e. The van der Waals surface area contributed by atoms with Gasteiger partial charge in [-0.25, -0.2) is 10.0 Å². The number of amides is 1. The van der Waals surface area contributed by atoms with Crippen LogP contribution in [0.1, 0.15) is 25.7 Å². The highest BCUT2D eigenvalue weighted by Gasteiger charge is 2.16. The zero-order valence-electron chi connectivity index (χ0n) is 10.3. The average Bonchev–Trinajstić information content (AvgIpc) is 2.97.